The van der Waals surface area contributed by atoms with Gasteiger partial charge in [-0.25, -0.2) is 4.39 Å². The normalized spacial score (nSPS) is 21.5. The first-order valence-corrected chi connectivity index (χ1v) is 15.7. The molecule has 1 heterocycles. The van der Waals surface area contributed by atoms with Crippen LogP contribution in [-0.2, 0) is 16.6 Å². The van der Waals surface area contributed by atoms with Gasteiger partial charge in [-0.05, 0) is 80.9 Å². The summed E-state index contributed by atoms with van der Waals surface area (Å²) in [6.07, 6.45) is 11.1. The standard InChI is InChI=1S/C35H50FNO2/c1-6-28-32(39-5)21-20-30(36)33(28)35(8-3,9-4)29(7-2)34(38)37-23-22-27(25-16-12-10-13-17-25)24-31(37)26-18-14-11-15-19-26/h10,12-13,16-17,20-21,26-27,29,31H,6-9,11,14-15,18-19,22-24H2,1-5H3/t27-,29+,31+/m1/s1. The van der Waals surface area contributed by atoms with E-state index in [-0.39, 0.29) is 23.7 Å². The van der Waals surface area contributed by atoms with Crippen LogP contribution in [0, 0.1) is 17.7 Å². The molecule has 3 nitrogen and oxygen atoms in total. The van der Waals surface area contributed by atoms with Crippen molar-refractivity contribution in [1.82, 2.24) is 4.90 Å². The van der Waals surface area contributed by atoms with Crippen LogP contribution >= 0.6 is 0 Å². The highest BCUT2D eigenvalue weighted by Gasteiger charge is 2.48. The van der Waals surface area contributed by atoms with Crippen LogP contribution in [0.3, 0.4) is 0 Å². The number of benzene rings is 2. The first-order valence-electron chi connectivity index (χ1n) is 15.7. The summed E-state index contributed by atoms with van der Waals surface area (Å²) in [7, 11) is 1.66. The SMILES string of the molecule is CCc1c(OC)ccc(F)c1C(CC)(CC)[C@@H](CC)C(=O)N1CC[C@@H](c2ccccc2)C[C@H]1C1CCCCC1. The largest absolute Gasteiger partial charge is 0.496 e. The van der Waals surface area contributed by atoms with Crippen molar-refractivity contribution in [3.63, 3.8) is 0 Å². The summed E-state index contributed by atoms with van der Waals surface area (Å²) in [6, 6.07) is 14.4. The third-order valence-corrected chi connectivity index (χ3v) is 10.3. The van der Waals surface area contributed by atoms with Crippen molar-refractivity contribution in [2.45, 2.75) is 116 Å². The van der Waals surface area contributed by atoms with Crippen LogP contribution < -0.4 is 4.74 Å². The van der Waals surface area contributed by atoms with Gasteiger partial charge in [-0.2, -0.15) is 0 Å². The van der Waals surface area contributed by atoms with Crippen LogP contribution in [0.2, 0.25) is 0 Å². The number of hydrogen-bond acceptors (Lipinski definition) is 2. The maximum absolute atomic E-state index is 15.9. The van der Waals surface area contributed by atoms with Crippen LogP contribution in [0.5, 0.6) is 5.75 Å². The van der Waals surface area contributed by atoms with Gasteiger partial charge in [0.2, 0.25) is 5.91 Å². The molecule has 0 bridgehead atoms. The fourth-order valence-corrected chi connectivity index (χ4v) is 8.22. The molecule has 1 amide bonds. The molecule has 0 unspecified atom stereocenters. The van der Waals surface area contributed by atoms with Crippen molar-refractivity contribution >= 4 is 5.91 Å². The number of methoxy groups -OCH3 is 1. The fraction of sp³-hybridized carbons (Fsp3) is 0.629. The van der Waals surface area contributed by atoms with Crippen molar-refractivity contribution in [1.29, 1.82) is 0 Å². The Labute approximate surface area is 236 Å². The molecule has 1 aliphatic heterocycles. The number of piperidine rings is 1. The minimum Gasteiger partial charge on any atom is -0.496 e. The average Bonchev–Trinajstić information content (AvgIpc) is 3.00. The number of carbonyl (C=O) groups excluding carboxylic acids is 1. The Morgan fingerprint density at radius 1 is 1.00 bits per heavy atom. The van der Waals surface area contributed by atoms with Crippen LogP contribution in [0.4, 0.5) is 4.39 Å². The second-order valence-electron chi connectivity index (χ2n) is 11.9. The van der Waals surface area contributed by atoms with Gasteiger partial charge in [0.1, 0.15) is 11.6 Å². The lowest BCUT2D eigenvalue weighted by Gasteiger charge is -2.49. The third-order valence-electron chi connectivity index (χ3n) is 10.3. The molecule has 2 aliphatic rings. The van der Waals surface area contributed by atoms with Crippen molar-refractivity contribution in [2.75, 3.05) is 13.7 Å². The molecule has 1 saturated heterocycles. The average molecular weight is 536 g/mol. The molecule has 0 aromatic heterocycles. The van der Waals surface area contributed by atoms with Gasteiger partial charge in [0.15, 0.2) is 0 Å². The highest BCUT2D eigenvalue weighted by Crippen LogP contribution is 2.48. The van der Waals surface area contributed by atoms with Crippen molar-refractivity contribution in [3.8, 4) is 5.75 Å². The second-order valence-corrected chi connectivity index (χ2v) is 11.9. The smallest absolute Gasteiger partial charge is 0.226 e. The highest BCUT2D eigenvalue weighted by atomic mass is 19.1. The van der Waals surface area contributed by atoms with Crippen molar-refractivity contribution < 1.29 is 13.9 Å². The van der Waals surface area contributed by atoms with E-state index >= 15 is 4.39 Å². The zero-order valence-corrected chi connectivity index (χ0v) is 25.0. The zero-order chi connectivity index (χ0) is 28.0. The predicted molar refractivity (Wildman–Crippen MR) is 159 cm³/mol. The van der Waals surface area contributed by atoms with Crippen LogP contribution in [-0.4, -0.2) is 30.5 Å². The molecular weight excluding hydrogens is 485 g/mol. The van der Waals surface area contributed by atoms with Gasteiger partial charge in [0, 0.05) is 35.0 Å². The van der Waals surface area contributed by atoms with Crippen molar-refractivity contribution in [3.05, 3.63) is 65.0 Å². The first kappa shape index (κ1) is 29.6. The van der Waals surface area contributed by atoms with Crippen LogP contribution in [0.25, 0.3) is 0 Å². The Balaban J connectivity index is 1.74. The Kier molecular flexibility index (Phi) is 10.1. The number of halogens is 1. The number of nitrogens with zero attached hydrogens (tertiary/aromatic N) is 1. The molecule has 1 aliphatic carbocycles. The lowest BCUT2D eigenvalue weighted by molar-refractivity contribution is -0.144. The van der Waals surface area contributed by atoms with E-state index in [1.165, 1.54) is 37.7 Å². The number of carbonyl (C=O) groups is 1. The molecule has 4 heteroatoms. The molecule has 39 heavy (non-hydrogen) atoms. The second kappa shape index (κ2) is 13.3. The number of likely N-dealkylation sites (tertiary alicyclic amines) is 1. The van der Waals surface area contributed by atoms with Gasteiger partial charge in [0.05, 0.1) is 7.11 Å². The van der Waals surface area contributed by atoms with Crippen LogP contribution in [0.15, 0.2) is 42.5 Å². The minimum atomic E-state index is -0.566. The number of hydrogen-bond donors (Lipinski definition) is 0. The maximum atomic E-state index is 15.9. The topological polar surface area (TPSA) is 29.5 Å². The molecule has 2 aromatic rings. The molecule has 214 valence electrons. The van der Waals surface area contributed by atoms with E-state index in [1.54, 1.807) is 19.2 Å². The Morgan fingerprint density at radius 3 is 2.28 bits per heavy atom. The molecule has 0 spiro atoms. The fourth-order valence-electron chi connectivity index (χ4n) is 8.22. The summed E-state index contributed by atoms with van der Waals surface area (Å²) in [5.74, 6) is 1.56. The van der Waals surface area contributed by atoms with E-state index in [4.69, 9.17) is 4.74 Å². The zero-order valence-electron chi connectivity index (χ0n) is 25.0. The number of rotatable bonds is 10. The Morgan fingerprint density at radius 2 is 1.69 bits per heavy atom. The summed E-state index contributed by atoms with van der Waals surface area (Å²) >= 11 is 0. The predicted octanol–water partition coefficient (Wildman–Crippen LogP) is 8.84. The lowest BCUT2D eigenvalue weighted by atomic mass is 9.63. The molecule has 2 fully saturated rings. The van der Waals surface area contributed by atoms with Crippen LogP contribution in [0.1, 0.15) is 115 Å². The molecule has 1 saturated carbocycles. The summed E-state index contributed by atoms with van der Waals surface area (Å²) in [6.45, 7) is 9.25. The van der Waals surface area contributed by atoms with E-state index in [9.17, 15) is 4.79 Å². The van der Waals surface area contributed by atoms with Gasteiger partial charge in [-0.3, -0.25) is 4.79 Å². The van der Waals surface area contributed by atoms with Gasteiger partial charge in [-0.15, -0.1) is 0 Å². The minimum absolute atomic E-state index is 0.200. The summed E-state index contributed by atoms with van der Waals surface area (Å²) < 4.78 is 21.5. The molecule has 4 rings (SSSR count). The number of amides is 1. The van der Waals surface area contributed by atoms with E-state index in [0.29, 0.717) is 30.2 Å². The molecule has 0 N–H and O–H groups in total. The third kappa shape index (κ3) is 5.77. The quantitative estimate of drug-likeness (QED) is 0.304. The van der Waals surface area contributed by atoms with Gasteiger partial charge >= 0.3 is 0 Å². The molecular formula is C35H50FNO2. The van der Waals surface area contributed by atoms with Crippen molar-refractivity contribution in [2.24, 2.45) is 11.8 Å². The van der Waals surface area contributed by atoms with E-state index in [0.717, 1.165) is 43.5 Å². The maximum Gasteiger partial charge on any atom is 0.226 e. The summed E-state index contributed by atoms with van der Waals surface area (Å²) in [5.41, 5.74) is 2.46. The highest BCUT2D eigenvalue weighted by molar-refractivity contribution is 5.81. The summed E-state index contributed by atoms with van der Waals surface area (Å²) in [4.78, 5) is 17.1. The van der Waals surface area contributed by atoms with Gasteiger partial charge < -0.3 is 9.64 Å². The van der Waals surface area contributed by atoms with Gasteiger partial charge in [0.25, 0.3) is 0 Å². The Bertz CT molecular complexity index is 1070. The first-order chi connectivity index (χ1) is 18.9. The summed E-state index contributed by atoms with van der Waals surface area (Å²) in [5, 5.41) is 0. The molecule has 0 radical (unpaired) electrons. The van der Waals surface area contributed by atoms with E-state index < -0.39 is 5.41 Å². The molecule has 2 aromatic carbocycles. The van der Waals surface area contributed by atoms with E-state index in [2.05, 4.69) is 62.9 Å². The van der Waals surface area contributed by atoms with E-state index in [1.807, 2.05) is 0 Å². The molecule has 3 atom stereocenters. The monoisotopic (exact) mass is 535 g/mol. The number of ether oxygens (including phenoxy) is 1. The lowest BCUT2D eigenvalue weighted by Crippen LogP contribution is -2.55. The van der Waals surface area contributed by atoms with Gasteiger partial charge in [-0.1, -0.05) is 77.3 Å². The Hall–Kier alpha value is -2.36.